The van der Waals surface area contributed by atoms with Crippen LogP contribution in [0.25, 0.3) is 0 Å². The standard InChI is InChI=1S/C10H11NO3/c1-7(12)14-9-5-3-2-4-8(9)6-10(11)13/h2-5H,6H2,1H3,(H2,11,13). The van der Waals surface area contributed by atoms with Crippen molar-refractivity contribution in [1.29, 1.82) is 0 Å². The number of ether oxygens (including phenoxy) is 1. The Bertz CT molecular complexity index is 325. The molecule has 1 aromatic rings. The van der Waals surface area contributed by atoms with Gasteiger partial charge in [0, 0.05) is 12.5 Å². The third-order valence-corrected chi connectivity index (χ3v) is 1.59. The topological polar surface area (TPSA) is 69.4 Å². The fourth-order valence-corrected chi connectivity index (χ4v) is 1.09. The fourth-order valence-electron chi connectivity index (χ4n) is 1.09. The fraction of sp³-hybridized carbons (Fsp3) is 0.200. The number of rotatable bonds is 3. The van der Waals surface area contributed by atoms with Gasteiger partial charge in [-0.3, -0.25) is 9.59 Å². The molecule has 4 nitrogen and oxygen atoms in total. The van der Waals surface area contributed by atoms with Gasteiger partial charge in [0.05, 0.1) is 6.42 Å². The van der Waals surface area contributed by atoms with Crippen molar-refractivity contribution in [2.24, 2.45) is 5.73 Å². The Labute approximate surface area is 81.7 Å². The summed E-state index contributed by atoms with van der Waals surface area (Å²) < 4.78 is 4.90. The highest BCUT2D eigenvalue weighted by atomic mass is 16.5. The first-order chi connectivity index (χ1) is 6.59. The van der Waals surface area contributed by atoms with E-state index in [1.807, 2.05) is 0 Å². The maximum Gasteiger partial charge on any atom is 0.308 e. The molecular formula is C10H11NO3. The summed E-state index contributed by atoms with van der Waals surface area (Å²) in [6.07, 6.45) is 0.0729. The summed E-state index contributed by atoms with van der Waals surface area (Å²) in [7, 11) is 0. The molecular weight excluding hydrogens is 182 g/mol. The molecule has 0 aliphatic rings. The van der Waals surface area contributed by atoms with E-state index in [0.717, 1.165) is 0 Å². The van der Waals surface area contributed by atoms with E-state index in [-0.39, 0.29) is 6.42 Å². The Morgan fingerprint density at radius 3 is 2.57 bits per heavy atom. The molecule has 0 heterocycles. The van der Waals surface area contributed by atoms with Crippen LogP contribution >= 0.6 is 0 Å². The molecule has 1 rings (SSSR count). The average Bonchev–Trinajstić information content (AvgIpc) is 2.06. The smallest absolute Gasteiger partial charge is 0.308 e. The van der Waals surface area contributed by atoms with Crippen molar-refractivity contribution in [2.45, 2.75) is 13.3 Å². The lowest BCUT2D eigenvalue weighted by Gasteiger charge is -2.06. The molecule has 0 radical (unpaired) electrons. The van der Waals surface area contributed by atoms with Crippen LogP contribution in [0.5, 0.6) is 5.75 Å². The molecule has 0 saturated heterocycles. The molecule has 0 aliphatic carbocycles. The van der Waals surface area contributed by atoms with Crippen LogP contribution in [-0.2, 0) is 16.0 Å². The van der Waals surface area contributed by atoms with E-state index < -0.39 is 11.9 Å². The number of esters is 1. The number of carbonyl (C=O) groups is 2. The molecule has 74 valence electrons. The van der Waals surface area contributed by atoms with Gasteiger partial charge in [-0.15, -0.1) is 0 Å². The van der Waals surface area contributed by atoms with Gasteiger partial charge in [0.2, 0.25) is 5.91 Å². The van der Waals surface area contributed by atoms with Crippen LogP contribution in [0.3, 0.4) is 0 Å². The highest BCUT2D eigenvalue weighted by Crippen LogP contribution is 2.18. The first-order valence-electron chi connectivity index (χ1n) is 4.14. The zero-order valence-corrected chi connectivity index (χ0v) is 7.82. The molecule has 0 unspecified atom stereocenters. The number of benzene rings is 1. The highest BCUT2D eigenvalue weighted by Gasteiger charge is 2.07. The summed E-state index contributed by atoms with van der Waals surface area (Å²) >= 11 is 0. The van der Waals surface area contributed by atoms with Crippen molar-refractivity contribution in [1.82, 2.24) is 0 Å². The number of hydrogen-bond acceptors (Lipinski definition) is 3. The normalized spacial score (nSPS) is 9.50. The predicted molar refractivity (Wildman–Crippen MR) is 50.6 cm³/mol. The second kappa shape index (κ2) is 4.41. The molecule has 0 spiro atoms. The van der Waals surface area contributed by atoms with E-state index in [0.29, 0.717) is 11.3 Å². The van der Waals surface area contributed by atoms with Gasteiger partial charge >= 0.3 is 5.97 Å². The minimum Gasteiger partial charge on any atom is -0.426 e. The number of primary amides is 1. The summed E-state index contributed by atoms with van der Waals surface area (Å²) in [4.78, 5) is 21.4. The van der Waals surface area contributed by atoms with Gasteiger partial charge in [-0.05, 0) is 6.07 Å². The molecule has 4 heteroatoms. The average molecular weight is 193 g/mol. The van der Waals surface area contributed by atoms with E-state index in [1.54, 1.807) is 24.3 Å². The number of carbonyl (C=O) groups excluding carboxylic acids is 2. The van der Waals surface area contributed by atoms with Crippen LogP contribution in [0.2, 0.25) is 0 Å². The van der Waals surface area contributed by atoms with Gasteiger partial charge in [0.15, 0.2) is 0 Å². The quantitative estimate of drug-likeness (QED) is 0.565. The Kier molecular flexibility index (Phi) is 3.23. The first-order valence-corrected chi connectivity index (χ1v) is 4.14. The number of amides is 1. The Morgan fingerprint density at radius 1 is 1.36 bits per heavy atom. The monoisotopic (exact) mass is 193 g/mol. The maximum absolute atomic E-state index is 10.7. The molecule has 0 aliphatic heterocycles. The Morgan fingerprint density at radius 2 is 2.00 bits per heavy atom. The van der Waals surface area contributed by atoms with E-state index in [9.17, 15) is 9.59 Å². The van der Waals surface area contributed by atoms with E-state index in [1.165, 1.54) is 6.92 Å². The number of para-hydroxylation sites is 1. The zero-order chi connectivity index (χ0) is 10.6. The zero-order valence-electron chi connectivity index (χ0n) is 7.82. The highest BCUT2D eigenvalue weighted by molar-refractivity contribution is 5.78. The molecule has 0 bridgehead atoms. The van der Waals surface area contributed by atoms with Gasteiger partial charge < -0.3 is 10.5 Å². The summed E-state index contributed by atoms with van der Waals surface area (Å²) in [5.74, 6) is -0.481. The van der Waals surface area contributed by atoms with Crippen molar-refractivity contribution in [3.63, 3.8) is 0 Å². The molecule has 0 aromatic heterocycles. The third-order valence-electron chi connectivity index (χ3n) is 1.59. The van der Waals surface area contributed by atoms with Crippen molar-refractivity contribution in [3.05, 3.63) is 29.8 Å². The van der Waals surface area contributed by atoms with Crippen molar-refractivity contribution >= 4 is 11.9 Å². The molecule has 0 saturated carbocycles. The van der Waals surface area contributed by atoms with Gasteiger partial charge in [-0.2, -0.15) is 0 Å². The van der Waals surface area contributed by atoms with Crippen LogP contribution < -0.4 is 10.5 Å². The van der Waals surface area contributed by atoms with Gasteiger partial charge in [-0.25, -0.2) is 0 Å². The number of hydrogen-bond donors (Lipinski definition) is 1. The van der Waals surface area contributed by atoms with E-state index in [4.69, 9.17) is 10.5 Å². The largest absolute Gasteiger partial charge is 0.426 e. The van der Waals surface area contributed by atoms with E-state index in [2.05, 4.69) is 0 Å². The van der Waals surface area contributed by atoms with Crippen molar-refractivity contribution in [2.75, 3.05) is 0 Å². The van der Waals surface area contributed by atoms with Crippen LogP contribution in [0.15, 0.2) is 24.3 Å². The number of nitrogens with two attached hydrogens (primary N) is 1. The Balaban J connectivity index is 2.90. The summed E-state index contributed by atoms with van der Waals surface area (Å²) in [5.41, 5.74) is 5.67. The lowest BCUT2D eigenvalue weighted by atomic mass is 10.1. The molecule has 14 heavy (non-hydrogen) atoms. The van der Waals surface area contributed by atoms with Crippen molar-refractivity contribution < 1.29 is 14.3 Å². The second-order valence-corrected chi connectivity index (χ2v) is 2.84. The van der Waals surface area contributed by atoms with E-state index >= 15 is 0 Å². The first kappa shape index (κ1) is 10.2. The van der Waals surface area contributed by atoms with Crippen LogP contribution in [0.4, 0.5) is 0 Å². The molecule has 1 aromatic carbocycles. The van der Waals surface area contributed by atoms with Gasteiger partial charge in [0.1, 0.15) is 5.75 Å². The third kappa shape index (κ3) is 2.90. The van der Waals surface area contributed by atoms with Crippen LogP contribution in [0, 0.1) is 0 Å². The van der Waals surface area contributed by atoms with Crippen LogP contribution in [0.1, 0.15) is 12.5 Å². The maximum atomic E-state index is 10.7. The lowest BCUT2D eigenvalue weighted by molar-refractivity contribution is -0.132. The van der Waals surface area contributed by atoms with Gasteiger partial charge in [0.25, 0.3) is 0 Å². The SMILES string of the molecule is CC(=O)Oc1ccccc1CC(N)=O. The summed E-state index contributed by atoms with van der Waals surface area (Å²) in [5, 5.41) is 0. The predicted octanol–water partition coefficient (Wildman–Crippen LogP) is 0.640. The van der Waals surface area contributed by atoms with Gasteiger partial charge in [-0.1, -0.05) is 18.2 Å². The molecule has 0 fully saturated rings. The van der Waals surface area contributed by atoms with Crippen molar-refractivity contribution in [3.8, 4) is 5.75 Å². The minimum absolute atomic E-state index is 0.0729. The molecule has 0 atom stereocenters. The summed E-state index contributed by atoms with van der Waals surface area (Å²) in [6, 6.07) is 6.80. The molecule has 1 amide bonds. The lowest BCUT2D eigenvalue weighted by Crippen LogP contribution is -2.15. The Hall–Kier alpha value is -1.84. The van der Waals surface area contributed by atoms with Crippen LogP contribution in [-0.4, -0.2) is 11.9 Å². The second-order valence-electron chi connectivity index (χ2n) is 2.84. The molecule has 2 N–H and O–H groups in total. The summed E-state index contributed by atoms with van der Waals surface area (Å²) in [6.45, 7) is 1.31. The minimum atomic E-state index is -0.454.